The lowest BCUT2D eigenvalue weighted by Gasteiger charge is -2.12. The highest BCUT2D eigenvalue weighted by Gasteiger charge is 2.24. The first-order valence-corrected chi connectivity index (χ1v) is 6.99. The topological polar surface area (TPSA) is 32.5 Å². The SMILES string of the molecule is COc1ccccc1-c1ccccc1/C=[N+](/O)C(C)(C)C. The Bertz CT molecular complexity index is 654. The molecule has 3 nitrogen and oxygen atoms in total. The van der Waals surface area contributed by atoms with Gasteiger partial charge in [0.2, 0.25) is 11.8 Å². The quantitative estimate of drug-likeness (QED) is 0.400. The van der Waals surface area contributed by atoms with Crippen LogP contribution in [0.15, 0.2) is 48.5 Å². The van der Waals surface area contributed by atoms with Crippen molar-refractivity contribution in [2.45, 2.75) is 26.3 Å². The molecule has 0 heterocycles. The lowest BCUT2D eigenvalue weighted by atomic mass is 9.99. The van der Waals surface area contributed by atoms with Crippen LogP contribution in [0, 0.1) is 0 Å². The number of benzene rings is 2. The maximum Gasteiger partial charge on any atom is 0.223 e. The minimum atomic E-state index is -0.353. The summed E-state index contributed by atoms with van der Waals surface area (Å²) in [6, 6.07) is 15.8. The summed E-state index contributed by atoms with van der Waals surface area (Å²) in [4.78, 5) is 0. The molecule has 0 amide bonds. The van der Waals surface area contributed by atoms with Crippen LogP contribution in [0.1, 0.15) is 26.3 Å². The van der Waals surface area contributed by atoms with Gasteiger partial charge in [0.1, 0.15) is 5.75 Å². The van der Waals surface area contributed by atoms with Gasteiger partial charge in [-0.1, -0.05) is 36.4 Å². The zero-order valence-electron chi connectivity index (χ0n) is 13.0. The Balaban J connectivity index is 2.57. The molecule has 0 unspecified atom stereocenters. The first-order chi connectivity index (χ1) is 9.93. The van der Waals surface area contributed by atoms with E-state index in [1.165, 1.54) is 4.74 Å². The van der Waals surface area contributed by atoms with E-state index in [0.717, 1.165) is 22.4 Å². The van der Waals surface area contributed by atoms with Crippen molar-refractivity contribution in [2.75, 3.05) is 7.11 Å². The predicted octanol–water partition coefficient (Wildman–Crippen LogP) is 3.98. The van der Waals surface area contributed by atoms with Crippen LogP contribution in [-0.2, 0) is 0 Å². The van der Waals surface area contributed by atoms with Crippen LogP contribution in [0.5, 0.6) is 5.75 Å². The number of nitrogens with zero attached hydrogens (tertiary/aromatic N) is 1. The summed E-state index contributed by atoms with van der Waals surface area (Å²) in [6.45, 7) is 5.86. The molecule has 0 radical (unpaired) electrons. The van der Waals surface area contributed by atoms with E-state index in [2.05, 4.69) is 0 Å². The third-order valence-electron chi connectivity index (χ3n) is 3.31. The second kappa shape index (κ2) is 6.00. The van der Waals surface area contributed by atoms with Crippen LogP contribution in [0.25, 0.3) is 11.1 Å². The van der Waals surface area contributed by atoms with E-state index in [9.17, 15) is 5.21 Å². The maximum absolute atomic E-state index is 10.2. The number of ether oxygens (including phenoxy) is 1. The molecule has 2 rings (SSSR count). The van der Waals surface area contributed by atoms with Crippen molar-refractivity contribution in [3.8, 4) is 16.9 Å². The summed E-state index contributed by atoms with van der Waals surface area (Å²) in [6.07, 6.45) is 1.75. The van der Waals surface area contributed by atoms with Crippen molar-refractivity contribution >= 4 is 6.21 Å². The van der Waals surface area contributed by atoms with E-state index in [1.54, 1.807) is 13.3 Å². The van der Waals surface area contributed by atoms with E-state index in [0.29, 0.717) is 0 Å². The fourth-order valence-electron chi connectivity index (χ4n) is 2.05. The van der Waals surface area contributed by atoms with Gasteiger partial charge in [-0.2, -0.15) is 0 Å². The van der Waals surface area contributed by atoms with Crippen LogP contribution in [-0.4, -0.2) is 28.8 Å². The summed E-state index contributed by atoms with van der Waals surface area (Å²) in [5.41, 5.74) is 2.63. The minimum Gasteiger partial charge on any atom is -0.496 e. The highest BCUT2D eigenvalue weighted by Crippen LogP contribution is 2.31. The molecule has 0 aromatic heterocycles. The van der Waals surface area contributed by atoms with Gasteiger partial charge in [0.25, 0.3) is 0 Å². The molecule has 2 aromatic rings. The summed E-state index contributed by atoms with van der Waals surface area (Å²) < 4.78 is 6.67. The van der Waals surface area contributed by atoms with Gasteiger partial charge in [-0.3, -0.25) is 5.21 Å². The first-order valence-electron chi connectivity index (χ1n) is 6.99. The Morgan fingerprint density at radius 3 is 2.14 bits per heavy atom. The molecular formula is C18H22NO2+. The summed E-state index contributed by atoms with van der Waals surface area (Å²) in [5, 5.41) is 10.2. The minimum absolute atomic E-state index is 0.353. The van der Waals surface area contributed by atoms with Crippen molar-refractivity contribution in [1.29, 1.82) is 0 Å². The molecule has 21 heavy (non-hydrogen) atoms. The van der Waals surface area contributed by atoms with Gasteiger partial charge < -0.3 is 4.74 Å². The van der Waals surface area contributed by atoms with E-state index >= 15 is 0 Å². The van der Waals surface area contributed by atoms with Crippen LogP contribution in [0.4, 0.5) is 0 Å². The molecule has 0 spiro atoms. The fourth-order valence-corrected chi connectivity index (χ4v) is 2.05. The van der Waals surface area contributed by atoms with Gasteiger partial charge in [0.05, 0.1) is 12.7 Å². The van der Waals surface area contributed by atoms with Gasteiger partial charge in [-0.25, -0.2) is 0 Å². The smallest absolute Gasteiger partial charge is 0.223 e. The van der Waals surface area contributed by atoms with Crippen molar-refractivity contribution in [2.24, 2.45) is 0 Å². The molecule has 0 aliphatic rings. The second-order valence-electron chi connectivity index (χ2n) is 5.93. The lowest BCUT2D eigenvalue weighted by Crippen LogP contribution is -2.31. The first kappa shape index (κ1) is 15.1. The van der Waals surface area contributed by atoms with Crippen LogP contribution >= 0.6 is 0 Å². The fraction of sp³-hybridized carbons (Fsp3) is 0.278. The van der Waals surface area contributed by atoms with E-state index < -0.39 is 0 Å². The molecule has 3 heteroatoms. The molecule has 2 aromatic carbocycles. The van der Waals surface area contributed by atoms with Gasteiger partial charge >= 0.3 is 0 Å². The maximum atomic E-state index is 10.2. The van der Waals surface area contributed by atoms with Crippen molar-refractivity contribution in [1.82, 2.24) is 0 Å². The second-order valence-corrected chi connectivity index (χ2v) is 5.93. The molecule has 0 aliphatic carbocycles. The number of para-hydroxylation sites is 1. The van der Waals surface area contributed by atoms with Crippen LogP contribution < -0.4 is 4.74 Å². The monoisotopic (exact) mass is 284 g/mol. The third-order valence-corrected chi connectivity index (χ3v) is 3.31. The number of rotatable bonds is 3. The standard InChI is InChI=1S/C18H22NO2/c1-18(2,3)19(20)13-14-9-5-6-10-15(14)16-11-7-8-12-17(16)21-4/h5-13,20H,1-4H3/q+1/b19-13+. The molecule has 0 atom stereocenters. The summed E-state index contributed by atoms with van der Waals surface area (Å²) >= 11 is 0. The van der Waals surface area contributed by atoms with E-state index in [1.807, 2.05) is 69.3 Å². The Morgan fingerprint density at radius 1 is 0.952 bits per heavy atom. The highest BCUT2D eigenvalue weighted by molar-refractivity contribution is 5.89. The number of hydrogen-bond acceptors (Lipinski definition) is 2. The van der Waals surface area contributed by atoms with Gasteiger partial charge in [0, 0.05) is 26.3 Å². The highest BCUT2D eigenvalue weighted by atomic mass is 16.5. The molecule has 0 aliphatic heterocycles. The van der Waals surface area contributed by atoms with Gasteiger partial charge in [-0.15, -0.1) is 0 Å². The lowest BCUT2D eigenvalue weighted by molar-refractivity contribution is -0.816. The summed E-state index contributed by atoms with van der Waals surface area (Å²) in [7, 11) is 1.67. The number of hydrogen-bond donors (Lipinski definition) is 1. The molecule has 0 fully saturated rings. The number of methoxy groups -OCH3 is 1. The Hall–Kier alpha value is -2.29. The predicted molar refractivity (Wildman–Crippen MR) is 85.4 cm³/mol. The molecular weight excluding hydrogens is 262 g/mol. The Kier molecular flexibility index (Phi) is 4.32. The molecule has 0 bridgehead atoms. The molecule has 1 N–H and O–H groups in total. The molecule has 110 valence electrons. The Labute approximate surface area is 126 Å². The summed E-state index contributed by atoms with van der Waals surface area (Å²) in [5.74, 6) is 0.818. The van der Waals surface area contributed by atoms with E-state index in [4.69, 9.17) is 4.74 Å². The van der Waals surface area contributed by atoms with Crippen molar-refractivity contribution < 1.29 is 14.7 Å². The van der Waals surface area contributed by atoms with E-state index in [-0.39, 0.29) is 5.54 Å². The normalized spacial score (nSPS) is 12.3. The van der Waals surface area contributed by atoms with Crippen molar-refractivity contribution in [3.63, 3.8) is 0 Å². The Morgan fingerprint density at radius 2 is 1.52 bits per heavy atom. The van der Waals surface area contributed by atoms with Gasteiger partial charge in [-0.05, 0) is 22.4 Å². The third kappa shape index (κ3) is 3.43. The van der Waals surface area contributed by atoms with Crippen molar-refractivity contribution in [3.05, 3.63) is 54.1 Å². The molecule has 0 saturated heterocycles. The number of hydroxylamine groups is 1. The van der Waals surface area contributed by atoms with Gasteiger partial charge in [0.15, 0.2) is 0 Å². The van der Waals surface area contributed by atoms with Crippen LogP contribution in [0.2, 0.25) is 0 Å². The average molecular weight is 284 g/mol. The zero-order valence-corrected chi connectivity index (χ0v) is 13.0. The molecule has 0 saturated carbocycles. The largest absolute Gasteiger partial charge is 0.496 e. The average Bonchev–Trinajstić information content (AvgIpc) is 2.47. The zero-order chi connectivity index (χ0) is 15.5. The van der Waals surface area contributed by atoms with Crippen LogP contribution in [0.3, 0.4) is 0 Å².